The predicted octanol–water partition coefficient (Wildman–Crippen LogP) is 4.33. The number of nitrogens with zero attached hydrogens (tertiary/aromatic N) is 3. The zero-order valence-corrected chi connectivity index (χ0v) is 17.6. The van der Waals surface area contributed by atoms with E-state index in [0.717, 1.165) is 23.5 Å². The minimum absolute atomic E-state index is 0.121. The van der Waals surface area contributed by atoms with E-state index in [0.29, 0.717) is 23.5 Å². The van der Waals surface area contributed by atoms with E-state index in [1.807, 2.05) is 31.6 Å². The molecule has 0 aliphatic heterocycles. The molecule has 150 valence electrons. The minimum Gasteiger partial charge on any atom is -0.464 e. The van der Waals surface area contributed by atoms with Gasteiger partial charge in [-0.2, -0.15) is 0 Å². The van der Waals surface area contributed by atoms with Crippen LogP contribution < -0.4 is 10.5 Å². The first-order valence-electron chi connectivity index (χ1n) is 9.58. The Bertz CT molecular complexity index is 1140. The molecule has 6 nitrogen and oxygen atoms in total. The summed E-state index contributed by atoms with van der Waals surface area (Å²) in [4.78, 5) is 25.5. The van der Waals surface area contributed by atoms with Gasteiger partial charge >= 0.3 is 0 Å². The van der Waals surface area contributed by atoms with Crippen LogP contribution in [0.25, 0.3) is 21.5 Å². The van der Waals surface area contributed by atoms with Crippen molar-refractivity contribution in [2.45, 2.75) is 20.0 Å². The van der Waals surface area contributed by atoms with Gasteiger partial charge in [0.2, 0.25) is 0 Å². The number of aromatic amines is 1. The molecule has 0 amide bonds. The number of rotatable bonds is 7. The first-order chi connectivity index (χ1) is 14.0. The molecular weight excluding hydrogens is 384 g/mol. The number of fused-ring (bicyclic) bond motifs is 1. The molecule has 0 spiro atoms. The SMILES string of the molecule is CCN(Cc1ccc(N(C)C)cc1)Cc1nc2scc(-c3ccco3)c2c(=O)[nH]1. The van der Waals surface area contributed by atoms with E-state index in [4.69, 9.17) is 9.40 Å². The van der Waals surface area contributed by atoms with E-state index >= 15 is 0 Å². The summed E-state index contributed by atoms with van der Waals surface area (Å²) in [6.45, 7) is 4.36. The second-order valence-corrected chi connectivity index (χ2v) is 8.04. The molecule has 4 aromatic rings. The lowest BCUT2D eigenvalue weighted by atomic mass is 10.2. The van der Waals surface area contributed by atoms with Crippen molar-refractivity contribution < 1.29 is 4.42 Å². The maximum Gasteiger partial charge on any atom is 0.260 e. The number of aromatic nitrogens is 2. The molecule has 4 rings (SSSR count). The molecule has 0 bridgehead atoms. The van der Waals surface area contributed by atoms with Gasteiger partial charge in [-0.05, 0) is 36.4 Å². The van der Waals surface area contributed by atoms with Crippen molar-refractivity contribution in [1.82, 2.24) is 14.9 Å². The molecule has 0 atom stereocenters. The fraction of sp³-hybridized carbons (Fsp3) is 0.273. The zero-order chi connectivity index (χ0) is 20.4. The standard InChI is InChI=1S/C22H24N4O2S/c1-4-26(12-15-7-9-16(10-8-15)25(2)3)13-19-23-21(27)20-17(14-29-22(20)24-19)18-6-5-11-28-18/h5-11,14H,4,12-13H2,1-3H3,(H,23,24,27). The van der Waals surface area contributed by atoms with Gasteiger partial charge in [0.15, 0.2) is 0 Å². The summed E-state index contributed by atoms with van der Waals surface area (Å²) in [6, 6.07) is 12.2. The number of furan rings is 1. The van der Waals surface area contributed by atoms with Crippen LogP contribution >= 0.6 is 11.3 Å². The molecule has 29 heavy (non-hydrogen) atoms. The summed E-state index contributed by atoms with van der Waals surface area (Å²) in [6.07, 6.45) is 1.61. The molecule has 0 aliphatic rings. The Morgan fingerprint density at radius 2 is 1.93 bits per heavy atom. The first kappa shape index (κ1) is 19.4. The molecule has 0 fully saturated rings. The average Bonchev–Trinajstić information content (AvgIpc) is 3.37. The molecule has 0 aliphatic carbocycles. The smallest absolute Gasteiger partial charge is 0.260 e. The van der Waals surface area contributed by atoms with Gasteiger partial charge in [-0.1, -0.05) is 19.1 Å². The third-order valence-corrected chi connectivity index (χ3v) is 5.83. The number of hydrogen-bond donors (Lipinski definition) is 1. The molecule has 0 saturated carbocycles. The van der Waals surface area contributed by atoms with Crippen molar-refractivity contribution in [3.05, 3.63) is 69.8 Å². The highest BCUT2D eigenvalue weighted by Gasteiger charge is 2.16. The van der Waals surface area contributed by atoms with E-state index in [-0.39, 0.29) is 5.56 Å². The summed E-state index contributed by atoms with van der Waals surface area (Å²) in [7, 11) is 4.07. The van der Waals surface area contributed by atoms with Gasteiger partial charge in [0, 0.05) is 37.3 Å². The molecule has 3 aromatic heterocycles. The summed E-state index contributed by atoms with van der Waals surface area (Å²) in [5.74, 6) is 1.37. The van der Waals surface area contributed by atoms with Gasteiger partial charge in [0.05, 0.1) is 18.2 Å². The lowest BCUT2D eigenvalue weighted by Crippen LogP contribution is -2.25. The predicted molar refractivity (Wildman–Crippen MR) is 118 cm³/mol. The molecule has 1 N–H and O–H groups in total. The molecule has 0 saturated heterocycles. The molecule has 7 heteroatoms. The summed E-state index contributed by atoms with van der Waals surface area (Å²) in [5, 5.41) is 2.52. The van der Waals surface area contributed by atoms with Gasteiger partial charge < -0.3 is 14.3 Å². The van der Waals surface area contributed by atoms with Crippen LogP contribution in [0.15, 0.2) is 57.3 Å². The van der Waals surface area contributed by atoms with Crippen molar-refractivity contribution in [3.63, 3.8) is 0 Å². The van der Waals surface area contributed by atoms with E-state index in [9.17, 15) is 4.79 Å². The van der Waals surface area contributed by atoms with Crippen molar-refractivity contribution in [3.8, 4) is 11.3 Å². The summed E-state index contributed by atoms with van der Waals surface area (Å²) >= 11 is 1.47. The molecule has 1 aromatic carbocycles. The zero-order valence-electron chi connectivity index (χ0n) is 16.8. The lowest BCUT2D eigenvalue weighted by Gasteiger charge is -2.20. The van der Waals surface area contributed by atoms with Gasteiger partial charge in [-0.25, -0.2) is 4.98 Å². The van der Waals surface area contributed by atoms with Crippen molar-refractivity contribution in [2.75, 3.05) is 25.5 Å². The number of thiophene rings is 1. The van der Waals surface area contributed by atoms with Crippen LogP contribution in [0.3, 0.4) is 0 Å². The number of hydrogen-bond acceptors (Lipinski definition) is 6. The van der Waals surface area contributed by atoms with Crippen molar-refractivity contribution in [2.24, 2.45) is 0 Å². The van der Waals surface area contributed by atoms with Crippen LogP contribution in [0.4, 0.5) is 5.69 Å². The highest BCUT2D eigenvalue weighted by atomic mass is 32.1. The average molecular weight is 409 g/mol. The third-order valence-electron chi connectivity index (χ3n) is 4.96. The highest BCUT2D eigenvalue weighted by molar-refractivity contribution is 7.17. The van der Waals surface area contributed by atoms with Crippen LogP contribution in [0, 0.1) is 0 Å². The van der Waals surface area contributed by atoms with Gasteiger partial charge in [0.25, 0.3) is 5.56 Å². The highest BCUT2D eigenvalue weighted by Crippen LogP contribution is 2.30. The maximum absolute atomic E-state index is 12.8. The van der Waals surface area contributed by atoms with Crippen molar-refractivity contribution in [1.29, 1.82) is 0 Å². The van der Waals surface area contributed by atoms with Gasteiger partial charge in [0.1, 0.15) is 16.4 Å². The van der Waals surface area contributed by atoms with E-state index in [1.54, 1.807) is 6.26 Å². The lowest BCUT2D eigenvalue weighted by molar-refractivity contribution is 0.264. The molecule has 0 unspecified atom stereocenters. The second kappa shape index (κ2) is 8.23. The Balaban J connectivity index is 1.55. The normalized spacial score (nSPS) is 11.4. The van der Waals surface area contributed by atoms with Crippen LogP contribution in [-0.4, -0.2) is 35.5 Å². The number of anilines is 1. The molecule has 0 radical (unpaired) electrons. The fourth-order valence-electron chi connectivity index (χ4n) is 3.33. The Kier molecular flexibility index (Phi) is 5.51. The number of benzene rings is 1. The monoisotopic (exact) mass is 408 g/mol. The topological polar surface area (TPSA) is 65.4 Å². The fourth-order valence-corrected chi connectivity index (χ4v) is 4.28. The Morgan fingerprint density at radius 3 is 2.59 bits per heavy atom. The van der Waals surface area contributed by atoms with Gasteiger partial charge in [-0.3, -0.25) is 9.69 Å². The van der Waals surface area contributed by atoms with Gasteiger partial charge in [-0.15, -0.1) is 11.3 Å². The van der Waals surface area contributed by atoms with Crippen LogP contribution in [0.1, 0.15) is 18.3 Å². The summed E-state index contributed by atoms with van der Waals surface area (Å²) in [5.41, 5.74) is 3.09. The van der Waals surface area contributed by atoms with Crippen LogP contribution in [-0.2, 0) is 13.1 Å². The van der Waals surface area contributed by atoms with Crippen LogP contribution in [0.5, 0.6) is 0 Å². The van der Waals surface area contributed by atoms with E-state index < -0.39 is 0 Å². The minimum atomic E-state index is -0.121. The van der Waals surface area contributed by atoms with Crippen molar-refractivity contribution >= 4 is 27.2 Å². The Hall–Kier alpha value is -2.90. The Labute approximate surface area is 173 Å². The first-order valence-corrected chi connectivity index (χ1v) is 10.5. The molecule has 3 heterocycles. The Morgan fingerprint density at radius 1 is 1.14 bits per heavy atom. The largest absolute Gasteiger partial charge is 0.464 e. The van der Waals surface area contributed by atoms with Crippen LogP contribution in [0.2, 0.25) is 0 Å². The maximum atomic E-state index is 12.8. The number of nitrogens with one attached hydrogen (secondary N) is 1. The third kappa shape index (κ3) is 4.11. The van der Waals surface area contributed by atoms with E-state index in [1.165, 1.54) is 22.6 Å². The second-order valence-electron chi connectivity index (χ2n) is 7.18. The quantitative estimate of drug-likeness (QED) is 0.493. The number of H-pyrrole nitrogens is 1. The summed E-state index contributed by atoms with van der Waals surface area (Å²) < 4.78 is 5.46. The molecular formula is C22H24N4O2S. The van der Waals surface area contributed by atoms with E-state index in [2.05, 4.69) is 46.0 Å².